The summed E-state index contributed by atoms with van der Waals surface area (Å²) in [7, 11) is 1.61. The van der Waals surface area contributed by atoms with Gasteiger partial charge in [0.1, 0.15) is 0 Å². The summed E-state index contributed by atoms with van der Waals surface area (Å²) in [5.41, 5.74) is 4.42. The van der Waals surface area contributed by atoms with Gasteiger partial charge in [0.05, 0.1) is 17.5 Å². The van der Waals surface area contributed by atoms with E-state index in [1.54, 1.807) is 7.05 Å². The van der Waals surface area contributed by atoms with E-state index in [4.69, 9.17) is 0 Å². The zero-order valence-electron chi connectivity index (χ0n) is 16.4. The van der Waals surface area contributed by atoms with Crippen molar-refractivity contribution in [3.8, 4) is 0 Å². The lowest BCUT2D eigenvalue weighted by atomic mass is 9.75. The molecule has 1 heterocycles. The number of nitrogens with one attached hydrogen (secondary N) is 1. The van der Waals surface area contributed by atoms with E-state index >= 15 is 0 Å². The molecule has 28 heavy (non-hydrogen) atoms. The van der Waals surface area contributed by atoms with Gasteiger partial charge < -0.3 is 5.32 Å². The number of imide groups is 1. The van der Waals surface area contributed by atoms with E-state index in [1.807, 2.05) is 24.3 Å². The van der Waals surface area contributed by atoms with Crippen molar-refractivity contribution in [3.05, 3.63) is 47.6 Å². The molecular weight excluding hydrogens is 352 g/mol. The number of benzene rings is 1. The molecule has 3 aliphatic rings. The normalized spacial score (nSPS) is 27.2. The van der Waals surface area contributed by atoms with Crippen LogP contribution in [0.5, 0.6) is 0 Å². The smallest absolute Gasteiger partial charge is 0.237 e. The summed E-state index contributed by atoms with van der Waals surface area (Å²) in [6, 6.07) is 7.71. The Morgan fingerprint density at radius 3 is 2.36 bits per heavy atom. The summed E-state index contributed by atoms with van der Waals surface area (Å²) in [6.07, 6.45) is 8.08. The molecule has 3 atom stereocenters. The molecule has 1 saturated heterocycles. The van der Waals surface area contributed by atoms with Crippen molar-refractivity contribution in [3.63, 3.8) is 0 Å². The molecule has 146 valence electrons. The van der Waals surface area contributed by atoms with Crippen LogP contribution in [-0.2, 0) is 14.4 Å². The number of hydrogen-bond acceptors (Lipinski definition) is 3. The van der Waals surface area contributed by atoms with Gasteiger partial charge in [0.15, 0.2) is 0 Å². The van der Waals surface area contributed by atoms with Crippen LogP contribution in [0, 0.1) is 17.8 Å². The Morgan fingerprint density at radius 1 is 1.00 bits per heavy atom. The molecule has 0 bridgehead atoms. The molecule has 2 fully saturated rings. The highest BCUT2D eigenvalue weighted by Crippen LogP contribution is 2.42. The van der Waals surface area contributed by atoms with E-state index < -0.39 is 0 Å². The molecule has 4 rings (SSSR count). The number of carbonyl (C=O) groups is 3. The first-order valence-corrected chi connectivity index (χ1v) is 10.1. The molecule has 1 aliphatic heterocycles. The van der Waals surface area contributed by atoms with Gasteiger partial charge in [0, 0.05) is 13.0 Å². The minimum absolute atomic E-state index is 0.0356. The Hall–Kier alpha value is -2.69. The third-order valence-corrected chi connectivity index (χ3v) is 6.40. The van der Waals surface area contributed by atoms with Crippen LogP contribution in [0.3, 0.4) is 0 Å². The first-order valence-electron chi connectivity index (χ1n) is 10.1. The monoisotopic (exact) mass is 378 g/mol. The second-order valence-corrected chi connectivity index (χ2v) is 8.10. The maximum Gasteiger partial charge on any atom is 0.237 e. The first kappa shape index (κ1) is 18.7. The fourth-order valence-electron chi connectivity index (χ4n) is 4.68. The van der Waals surface area contributed by atoms with Crippen LogP contribution >= 0.6 is 0 Å². The van der Waals surface area contributed by atoms with Gasteiger partial charge in [-0.25, -0.2) is 0 Å². The second kappa shape index (κ2) is 7.38. The maximum absolute atomic E-state index is 13.0. The van der Waals surface area contributed by atoms with Crippen molar-refractivity contribution in [2.45, 2.75) is 39.0 Å². The molecule has 3 amide bonds. The van der Waals surface area contributed by atoms with Gasteiger partial charge in [-0.05, 0) is 62.3 Å². The molecule has 5 heteroatoms. The number of allylic oxidation sites excluding steroid dienone is 4. The molecule has 0 radical (unpaired) electrons. The Labute approximate surface area is 165 Å². The summed E-state index contributed by atoms with van der Waals surface area (Å²) in [6.45, 7) is 2.13. The van der Waals surface area contributed by atoms with Gasteiger partial charge in [-0.1, -0.05) is 29.9 Å². The molecule has 5 nitrogen and oxygen atoms in total. The van der Waals surface area contributed by atoms with E-state index in [-0.39, 0.29) is 35.5 Å². The van der Waals surface area contributed by atoms with Crippen LogP contribution in [0.15, 0.2) is 42.0 Å². The quantitative estimate of drug-likeness (QED) is 0.819. The second-order valence-electron chi connectivity index (χ2n) is 8.10. The number of anilines is 1. The zero-order chi connectivity index (χ0) is 19.8. The lowest BCUT2D eigenvalue weighted by molar-refractivity contribution is -0.129. The molecule has 3 unspecified atom stereocenters. The van der Waals surface area contributed by atoms with Gasteiger partial charge in [-0.15, -0.1) is 0 Å². The van der Waals surface area contributed by atoms with E-state index in [2.05, 4.69) is 24.4 Å². The molecular formula is C23H26N2O3. The van der Waals surface area contributed by atoms with Crippen molar-refractivity contribution >= 4 is 29.0 Å². The van der Waals surface area contributed by atoms with E-state index in [0.29, 0.717) is 24.9 Å². The number of fused-ring (bicyclic) bond motifs is 1. The predicted molar refractivity (Wildman–Crippen MR) is 108 cm³/mol. The van der Waals surface area contributed by atoms with Gasteiger partial charge in [0.2, 0.25) is 17.7 Å². The summed E-state index contributed by atoms with van der Waals surface area (Å²) in [4.78, 5) is 39.2. The average Bonchev–Trinajstić information content (AvgIpc) is 2.98. The van der Waals surface area contributed by atoms with Crippen molar-refractivity contribution < 1.29 is 14.4 Å². The third kappa shape index (κ3) is 3.19. The van der Waals surface area contributed by atoms with Crippen LogP contribution in [0.4, 0.5) is 5.69 Å². The lowest BCUT2D eigenvalue weighted by Crippen LogP contribution is -2.35. The van der Waals surface area contributed by atoms with Crippen molar-refractivity contribution in [2.24, 2.45) is 17.8 Å². The molecule has 1 N–H and O–H groups in total. The number of amides is 3. The summed E-state index contributed by atoms with van der Waals surface area (Å²) in [5, 5.41) is 2.67. The molecule has 0 spiro atoms. The fraction of sp³-hybridized carbons (Fsp3) is 0.435. The number of hydrogen-bond donors (Lipinski definition) is 1. The largest absolute Gasteiger partial charge is 0.359 e. The summed E-state index contributed by atoms with van der Waals surface area (Å²) in [5.74, 6) is -1.16. The predicted octanol–water partition coefficient (Wildman–Crippen LogP) is 3.46. The lowest BCUT2D eigenvalue weighted by Gasteiger charge is -2.27. The minimum Gasteiger partial charge on any atom is -0.359 e. The Bertz CT molecular complexity index is 882. The fourth-order valence-corrected chi connectivity index (χ4v) is 4.68. The molecule has 1 saturated carbocycles. The van der Waals surface area contributed by atoms with Crippen molar-refractivity contribution in [1.82, 2.24) is 5.32 Å². The highest BCUT2D eigenvalue weighted by Gasteiger charge is 2.51. The topological polar surface area (TPSA) is 66.5 Å². The number of nitrogens with zero attached hydrogens (tertiary/aromatic N) is 1. The molecule has 1 aromatic rings. The van der Waals surface area contributed by atoms with Crippen LogP contribution in [0.1, 0.15) is 44.6 Å². The number of carbonyl (C=O) groups excluding carboxylic acids is 3. The molecule has 0 aromatic heterocycles. The Kier molecular flexibility index (Phi) is 4.92. The van der Waals surface area contributed by atoms with Crippen LogP contribution in [-0.4, -0.2) is 24.8 Å². The summed E-state index contributed by atoms with van der Waals surface area (Å²) >= 11 is 0. The van der Waals surface area contributed by atoms with Gasteiger partial charge >= 0.3 is 0 Å². The van der Waals surface area contributed by atoms with E-state index in [1.165, 1.54) is 16.0 Å². The standard InChI is InChI=1S/C23H26N2O3/c1-14-3-5-15(6-4-14)16-7-10-18(11-8-16)25-22(27)19-12-9-17(21(26)24-2)13-20(19)23(25)28/h3,5,7-8,10-11,17,19-20H,4,6,9,12-13H2,1-2H3,(H,24,26). The SMILES string of the molecule is CNC(=O)C1CCC2C(=O)N(c3ccc(C4=CC=C(C)CC4)cc3)C(=O)C2C1. The van der Waals surface area contributed by atoms with E-state index in [0.717, 1.165) is 18.4 Å². The number of rotatable bonds is 3. The third-order valence-electron chi connectivity index (χ3n) is 6.40. The Balaban J connectivity index is 1.54. The first-order chi connectivity index (χ1) is 13.5. The van der Waals surface area contributed by atoms with Crippen molar-refractivity contribution in [1.29, 1.82) is 0 Å². The highest BCUT2D eigenvalue weighted by molar-refractivity contribution is 6.22. The van der Waals surface area contributed by atoms with Crippen LogP contribution < -0.4 is 10.2 Å². The maximum atomic E-state index is 13.0. The molecule has 1 aromatic carbocycles. The van der Waals surface area contributed by atoms with Gasteiger partial charge in [-0.3, -0.25) is 19.3 Å². The minimum atomic E-state index is -0.377. The highest BCUT2D eigenvalue weighted by atomic mass is 16.2. The molecule has 2 aliphatic carbocycles. The average molecular weight is 378 g/mol. The van der Waals surface area contributed by atoms with E-state index in [9.17, 15) is 14.4 Å². The van der Waals surface area contributed by atoms with Gasteiger partial charge in [0.25, 0.3) is 0 Å². The zero-order valence-corrected chi connectivity index (χ0v) is 16.4. The van der Waals surface area contributed by atoms with Crippen molar-refractivity contribution in [2.75, 3.05) is 11.9 Å². The Morgan fingerprint density at radius 2 is 1.71 bits per heavy atom. The van der Waals surface area contributed by atoms with Gasteiger partial charge in [-0.2, -0.15) is 0 Å². The van der Waals surface area contributed by atoms with Crippen LogP contribution in [0.2, 0.25) is 0 Å². The summed E-state index contributed by atoms with van der Waals surface area (Å²) < 4.78 is 0. The van der Waals surface area contributed by atoms with Crippen LogP contribution in [0.25, 0.3) is 5.57 Å².